The monoisotopic (exact) mass is 326 g/mol. The van der Waals surface area contributed by atoms with Crippen molar-refractivity contribution in [2.24, 2.45) is 0 Å². The zero-order chi connectivity index (χ0) is 16.2. The van der Waals surface area contributed by atoms with Crippen molar-refractivity contribution in [3.05, 3.63) is 59.5 Å². The quantitative estimate of drug-likeness (QED) is 0.673. The van der Waals surface area contributed by atoms with Crippen LogP contribution >= 0.6 is 11.6 Å². The van der Waals surface area contributed by atoms with E-state index in [1.807, 2.05) is 31.2 Å². The first-order chi connectivity index (χ1) is 11.1. The first-order valence-electron chi connectivity index (χ1n) is 6.94. The molecule has 23 heavy (non-hydrogen) atoms. The fourth-order valence-electron chi connectivity index (χ4n) is 1.93. The Morgan fingerprint density at radius 2 is 1.61 bits per heavy atom. The van der Waals surface area contributed by atoms with Crippen LogP contribution in [0.4, 0.5) is 28.8 Å². The maximum Gasteiger partial charge on any atom is 0.160 e. The van der Waals surface area contributed by atoms with Crippen molar-refractivity contribution in [3.63, 3.8) is 0 Å². The Kier molecular flexibility index (Phi) is 4.25. The van der Waals surface area contributed by atoms with E-state index in [2.05, 4.69) is 25.6 Å². The van der Waals surface area contributed by atoms with Gasteiger partial charge in [-0.25, -0.2) is 15.0 Å². The van der Waals surface area contributed by atoms with Crippen LogP contribution in [0.5, 0.6) is 0 Å². The Morgan fingerprint density at radius 3 is 2.26 bits per heavy atom. The molecule has 0 atom stereocenters. The van der Waals surface area contributed by atoms with Crippen LogP contribution in [0.1, 0.15) is 5.56 Å². The Bertz CT molecular complexity index is 736. The molecule has 0 aliphatic carbocycles. The minimum atomic E-state index is 0.407. The maximum atomic E-state index is 6.13. The summed E-state index contributed by atoms with van der Waals surface area (Å²) in [5.74, 6) is 1.67. The summed E-state index contributed by atoms with van der Waals surface area (Å²) >= 11 is 5.88. The molecule has 0 radical (unpaired) electrons. The number of nitrogens with one attached hydrogen (secondary N) is 2. The lowest BCUT2D eigenvalue weighted by molar-refractivity contribution is 1.16. The highest BCUT2D eigenvalue weighted by Gasteiger charge is 2.09. The zero-order valence-corrected chi connectivity index (χ0v) is 13.2. The molecule has 0 aliphatic heterocycles. The smallest absolute Gasteiger partial charge is 0.160 e. The van der Waals surface area contributed by atoms with Gasteiger partial charge in [0.15, 0.2) is 11.6 Å². The van der Waals surface area contributed by atoms with Crippen LogP contribution in [0.25, 0.3) is 0 Å². The summed E-state index contributed by atoms with van der Waals surface area (Å²) in [6.07, 6.45) is 3.21. The topological polar surface area (TPSA) is 88.8 Å². The number of pyridine rings is 1. The van der Waals surface area contributed by atoms with Gasteiger partial charge in [0.2, 0.25) is 0 Å². The van der Waals surface area contributed by atoms with Gasteiger partial charge < -0.3 is 16.4 Å². The van der Waals surface area contributed by atoms with Crippen molar-refractivity contribution >= 4 is 40.4 Å². The van der Waals surface area contributed by atoms with Gasteiger partial charge in [-0.1, -0.05) is 17.7 Å². The van der Waals surface area contributed by atoms with Crippen LogP contribution in [0, 0.1) is 6.92 Å². The van der Waals surface area contributed by atoms with Crippen LogP contribution in [0.15, 0.2) is 48.9 Å². The summed E-state index contributed by atoms with van der Waals surface area (Å²) in [6, 6.07) is 11.1. The van der Waals surface area contributed by atoms with E-state index in [-0.39, 0.29) is 0 Å². The zero-order valence-electron chi connectivity index (χ0n) is 12.4. The van der Waals surface area contributed by atoms with Crippen LogP contribution in [-0.2, 0) is 0 Å². The predicted octanol–water partition coefficient (Wildman–Crippen LogP) is 3.90. The van der Waals surface area contributed by atoms with Gasteiger partial charge in [-0.15, -0.1) is 0 Å². The number of nitrogens with zero attached hydrogens (tertiary/aromatic N) is 3. The second kappa shape index (κ2) is 6.50. The number of hydrogen-bond donors (Lipinski definition) is 3. The number of nitrogen functional groups attached to an aromatic ring is 1. The highest BCUT2D eigenvalue weighted by molar-refractivity contribution is 6.30. The first kappa shape index (κ1) is 15.1. The number of aromatic nitrogens is 3. The van der Waals surface area contributed by atoms with Crippen LogP contribution in [0.2, 0.25) is 5.02 Å². The molecule has 0 saturated carbocycles. The second-order valence-corrected chi connectivity index (χ2v) is 5.40. The average Bonchev–Trinajstić information content (AvgIpc) is 2.55. The minimum absolute atomic E-state index is 0.407. The van der Waals surface area contributed by atoms with Crippen molar-refractivity contribution in [2.45, 2.75) is 6.92 Å². The normalized spacial score (nSPS) is 10.3. The third-order valence-corrected chi connectivity index (χ3v) is 3.40. The molecule has 1 aromatic carbocycles. The highest BCUT2D eigenvalue weighted by atomic mass is 35.5. The van der Waals surface area contributed by atoms with E-state index in [4.69, 9.17) is 17.3 Å². The molecular formula is C16H15ClN6. The molecule has 0 aliphatic rings. The number of aryl methyl sites for hydroxylation is 1. The lowest BCUT2D eigenvalue weighted by atomic mass is 10.3. The standard InChI is InChI=1S/C16H15ClN6/c1-10-2-7-13(19-8-10)23-16-14(18)15(20-9-21-16)22-12-5-3-11(17)4-6-12/h2-9H,18H2,1H3,(H2,19,20,21,22,23). The van der Waals surface area contributed by atoms with Gasteiger partial charge in [0.1, 0.15) is 17.8 Å². The van der Waals surface area contributed by atoms with Crippen molar-refractivity contribution in [2.75, 3.05) is 16.4 Å². The largest absolute Gasteiger partial charge is 0.393 e. The van der Waals surface area contributed by atoms with E-state index in [9.17, 15) is 0 Å². The van der Waals surface area contributed by atoms with E-state index in [1.54, 1.807) is 18.3 Å². The molecule has 0 saturated heterocycles. The van der Waals surface area contributed by atoms with Crippen LogP contribution < -0.4 is 16.4 Å². The molecule has 0 fully saturated rings. The van der Waals surface area contributed by atoms with E-state index in [1.165, 1.54) is 6.33 Å². The van der Waals surface area contributed by atoms with Crippen LogP contribution in [-0.4, -0.2) is 15.0 Å². The molecule has 4 N–H and O–H groups in total. The molecule has 2 aromatic heterocycles. The third kappa shape index (κ3) is 3.67. The molecule has 0 bridgehead atoms. The maximum absolute atomic E-state index is 6.13. The molecule has 0 spiro atoms. The summed E-state index contributed by atoms with van der Waals surface area (Å²) in [6.45, 7) is 1.98. The molecule has 2 heterocycles. The first-order valence-corrected chi connectivity index (χ1v) is 7.32. The van der Waals surface area contributed by atoms with Crippen molar-refractivity contribution in [1.82, 2.24) is 15.0 Å². The minimum Gasteiger partial charge on any atom is -0.393 e. The number of hydrogen-bond acceptors (Lipinski definition) is 6. The number of rotatable bonds is 4. The molecule has 0 amide bonds. The Balaban J connectivity index is 1.83. The summed E-state index contributed by atoms with van der Waals surface area (Å²) in [5.41, 5.74) is 8.45. The molecular weight excluding hydrogens is 312 g/mol. The van der Waals surface area contributed by atoms with Crippen molar-refractivity contribution < 1.29 is 0 Å². The van der Waals surface area contributed by atoms with Crippen molar-refractivity contribution in [1.29, 1.82) is 0 Å². The number of halogens is 1. The Labute approximate surface area is 138 Å². The lowest BCUT2D eigenvalue weighted by Gasteiger charge is -2.12. The van der Waals surface area contributed by atoms with Gasteiger partial charge in [-0.2, -0.15) is 0 Å². The highest BCUT2D eigenvalue weighted by Crippen LogP contribution is 2.27. The van der Waals surface area contributed by atoms with Crippen molar-refractivity contribution in [3.8, 4) is 0 Å². The van der Waals surface area contributed by atoms with Gasteiger partial charge in [-0.3, -0.25) is 0 Å². The summed E-state index contributed by atoms with van der Waals surface area (Å²) in [5, 5.41) is 6.89. The molecule has 116 valence electrons. The SMILES string of the molecule is Cc1ccc(Nc2ncnc(Nc3ccc(Cl)cc3)c2N)nc1. The van der Waals surface area contributed by atoms with E-state index in [0.717, 1.165) is 11.3 Å². The van der Waals surface area contributed by atoms with Gasteiger partial charge in [-0.05, 0) is 42.8 Å². The second-order valence-electron chi connectivity index (χ2n) is 4.96. The predicted molar refractivity (Wildman–Crippen MR) is 93.4 cm³/mol. The number of benzene rings is 1. The summed E-state index contributed by atoms with van der Waals surface area (Å²) < 4.78 is 0. The lowest BCUT2D eigenvalue weighted by Crippen LogP contribution is -2.05. The summed E-state index contributed by atoms with van der Waals surface area (Å²) in [7, 11) is 0. The van der Waals surface area contributed by atoms with Gasteiger partial charge >= 0.3 is 0 Å². The van der Waals surface area contributed by atoms with E-state index >= 15 is 0 Å². The molecule has 3 aromatic rings. The molecule has 3 rings (SSSR count). The van der Waals surface area contributed by atoms with Crippen LogP contribution in [0.3, 0.4) is 0 Å². The molecule has 0 unspecified atom stereocenters. The van der Waals surface area contributed by atoms with E-state index in [0.29, 0.717) is 28.2 Å². The van der Waals surface area contributed by atoms with E-state index < -0.39 is 0 Å². The van der Waals surface area contributed by atoms with Gasteiger partial charge in [0.05, 0.1) is 0 Å². The fraction of sp³-hybridized carbons (Fsp3) is 0.0625. The summed E-state index contributed by atoms with van der Waals surface area (Å²) in [4.78, 5) is 12.6. The molecule has 6 nitrogen and oxygen atoms in total. The number of nitrogens with two attached hydrogens (primary N) is 1. The Hall–Kier alpha value is -2.86. The van der Waals surface area contributed by atoms with Gasteiger partial charge in [0, 0.05) is 16.9 Å². The van der Waals surface area contributed by atoms with Gasteiger partial charge in [0.25, 0.3) is 0 Å². The third-order valence-electron chi connectivity index (χ3n) is 3.15. The fourth-order valence-corrected chi connectivity index (χ4v) is 2.05. The molecule has 7 heteroatoms. The number of anilines is 5. The average molecular weight is 327 g/mol. The Morgan fingerprint density at radius 1 is 0.913 bits per heavy atom.